The van der Waals surface area contributed by atoms with Crippen LogP contribution >= 0.6 is 12.2 Å². The summed E-state index contributed by atoms with van der Waals surface area (Å²) in [6.45, 7) is 0.465. The van der Waals surface area contributed by atoms with Gasteiger partial charge in [-0.3, -0.25) is 0 Å². The van der Waals surface area contributed by atoms with Crippen molar-refractivity contribution >= 4 is 17.2 Å². The molecule has 1 rings (SSSR count). The molecule has 0 fully saturated rings. The topological polar surface area (TPSA) is 34.1 Å². The van der Waals surface area contributed by atoms with Gasteiger partial charge in [-0.25, -0.2) is 4.98 Å². The number of halogens is 1. The van der Waals surface area contributed by atoms with Gasteiger partial charge in [-0.2, -0.15) is 4.39 Å². The van der Waals surface area contributed by atoms with Crippen LogP contribution in [0.4, 0.5) is 4.39 Å². The van der Waals surface area contributed by atoms with Crippen molar-refractivity contribution in [2.24, 2.45) is 0 Å². The largest absolute Gasteiger partial charge is 0.492 e. The van der Waals surface area contributed by atoms with Gasteiger partial charge < -0.3 is 10.1 Å². The maximum Gasteiger partial charge on any atom is 0.213 e. The summed E-state index contributed by atoms with van der Waals surface area (Å²) in [4.78, 5) is 4.19. The highest BCUT2D eigenvalue weighted by Gasteiger charge is 1.97. The molecule has 0 unspecified atom stereocenters. The molecule has 0 aromatic carbocycles. The van der Waals surface area contributed by atoms with E-state index in [9.17, 15) is 4.39 Å². The SMILES string of the molecule is CNC(=S)CCOc1ccc(F)nc1. The fourth-order valence-corrected chi connectivity index (χ4v) is 0.918. The van der Waals surface area contributed by atoms with Crippen molar-refractivity contribution in [3.05, 3.63) is 24.3 Å². The van der Waals surface area contributed by atoms with Crippen LogP contribution in [0.25, 0.3) is 0 Å². The van der Waals surface area contributed by atoms with E-state index in [2.05, 4.69) is 10.3 Å². The predicted molar refractivity (Wildman–Crippen MR) is 56.0 cm³/mol. The average molecular weight is 214 g/mol. The number of hydrogen-bond donors (Lipinski definition) is 1. The Morgan fingerprint density at radius 3 is 3.00 bits per heavy atom. The molecule has 0 aliphatic heterocycles. The van der Waals surface area contributed by atoms with Crippen LogP contribution < -0.4 is 10.1 Å². The van der Waals surface area contributed by atoms with Crippen LogP contribution in [0.15, 0.2) is 18.3 Å². The second-order valence-electron chi connectivity index (χ2n) is 2.59. The third-order valence-corrected chi connectivity index (χ3v) is 1.99. The molecule has 0 aliphatic carbocycles. The van der Waals surface area contributed by atoms with Crippen LogP contribution in [-0.4, -0.2) is 23.6 Å². The summed E-state index contributed by atoms with van der Waals surface area (Å²) in [7, 11) is 1.77. The molecule has 1 N–H and O–H groups in total. The zero-order valence-corrected chi connectivity index (χ0v) is 8.60. The monoisotopic (exact) mass is 214 g/mol. The fraction of sp³-hybridized carbons (Fsp3) is 0.333. The van der Waals surface area contributed by atoms with E-state index in [1.165, 1.54) is 18.3 Å². The molecule has 0 aliphatic rings. The maximum absolute atomic E-state index is 12.4. The lowest BCUT2D eigenvalue weighted by Crippen LogP contribution is -2.18. The second kappa shape index (κ2) is 5.49. The highest BCUT2D eigenvalue weighted by atomic mass is 32.1. The first-order valence-electron chi connectivity index (χ1n) is 4.17. The van der Waals surface area contributed by atoms with Crippen molar-refractivity contribution < 1.29 is 9.13 Å². The van der Waals surface area contributed by atoms with E-state index in [0.717, 1.165) is 4.99 Å². The van der Waals surface area contributed by atoms with E-state index in [1.807, 2.05) is 0 Å². The number of pyridine rings is 1. The van der Waals surface area contributed by atoms with E-state index in [4.69, 9.17) is 17.0 Å². The van der Waals surface area contributed by atoms with Crippen LogP contribution in [0, 0.1) is 5.95 Å². The van der Waals surface area contributed by atoms with E-state index in [-0.39, 0.29) is 0 Å². The first kappa shape index (κ1) is 10.8. The Balaban J connectivity index is 2.31. The Labute approximate surface area is 87.3 Å². The molecule has 1 aromatic heterocycles. The Hall–Kier alpha value is -1.23. The van der Waals surface area contributed by atoms with Gasteiger partial charge in [0.15, 0.2) is 0 Å². The molecule has 5 heteroatoms. The smallest absolute Gasteiger partial charge is 0.213 e. The van der Waals surface area contributed by atoms with Crippen molar-refractivity contribution in [1.29, 1.82) is 0 Å². The zero-order chi connectivity index (χ0) is 10.4. The molecule has 0 saturated carbocycles. The lowest BCUT2D eigenvalue weighted by Gasteiger charge is -2.05. The lowest BCUT2D eigenvalue weighted by molar-refractivity contribution is 0.326. The highest BCUT2D eigenvalue weighted by molar-refractivity contribution is 7.80. The quantitative estimate of drug-likeness (QED) is 0.609. The molecule has 0 atom stereocenters. The molecule has 3 nitrogen and oxygen atoms in total. The van der Waals surface area contributed by atoms with Gasteiger partial charge in [0, 0.05) is 13.5 Å². The van der Waals surface area contributed by atoms with Gasteiger partial charge in [-0.15, -0.1) is 0 Å². The number of ether oxygens (including phenoxy) is 1. The van der Waals surface area contributed by atoms with Crippen molar-refractivity contribution in [2.45, 2.75) is 6.42 Å². The number of nitrogens with one attached hydrogen (secondary N) is 1. The molecule has 0 spiro atoms. The van der Waals surface area contributed by atoms with Crippen LogP contribution in [0.3, 0.4) is 0 Å². The summed E-state index contributed by atoms with van der Waals surface area (Å²) < 4.78 is 17.7. The van der Waals surface area contributed by atoms with E-state index >= 15 is 0 Å². The normalized spacial score (nSPS) is 9.57. The summed E-state index contributed by atoms with van der Waals surface area (Å²) in [5.41, 5.74) is 0. The molecule has 1 heterocycles. The number of rotatable bonds is 4. The molecule has 0 amide bonds. The van der Waals surface area contributed by atoms with Gasteiger partial charge in [0.05, 0.1) is 17.8 Å². The lowest BCUT2D eigenvalue weighted by atomic mass is 10.4. The van der Waals surface area contributed by atoms with E-state index in [0.29, 0.717) is 18.8 Å². The van der Waals surface area contributed by atoms with Crippen LogP contribution in [0.1, 0.15) is 6.42 Å². The average Bonchev–Trinajstić information content (AvgIpc) is 2.21. The minimum Gasteiger partial charge on any atom is -0.492 e. The number of hydrogen-bond acceptors (Lipinski definition) is 3. The molecular formula is C9H11FN2OS. The first-order chi connectivity index (χ1) is 6.72. The van der Waals surface area contributed by atoms with Crippen LogP contribution in [0.5, 0.6) is 5.75 Å². The van der Waals surface area contributed by atoms with Gasteiger partial charge in [-0.05, 0) is 12.1 Å². The van der Waals surface area contributed by atoms with Crippen molar-refractivity contribution in [3.8, 4) is 5.75 Å². The van der Waals surface area contributed by atoms with Crippen LogP contribution in [-0.2, 0) is 0 Å². The standard InChI is InChI=1S/C9H11FN2OS/c1-11-9(14)4-5-13-7-2-3-8(10)12-6-7/h2-3,6H,4-5H2,1H3,(H,11,14). The molecule has 14 heavy (non-hydrogen) atoms. The summed E-state index contributed by atoms with van der Waals surface area (Å²) in [5, 5.41) is 2.84. The molecule has 0 saturated heterocycles. The van der Waals surface area contributed by atoms with Crippen molar-refractivity contribution in [1.82, 2.24) is 10.3 Å². The third kappa shape index (κ3) is 3.66. The van der Waals surface area contributed by atoms with Gasteiger partial charge in [-0.1, -0.05) is 12.2 Å². The predicted octanol–water partition coefficient (Wildman–Crippen LogP) is 1.54. The van der Waals surface area contributed by atoms with Gasteiger partial charge in [0.25, 0.3) is 0 Å². The Morgan fingerprint density at radius 2 is 2.43 bits per heavy atom. The highest BCUT2D eigenvalue weighted by Crippen LogP contribution is 2.08. The Morgan fingerprint density at radius 1 is 1.64 bits per heavy atom. The number of aromatic nitrogens is 1. The van der Waals surface area contributed by atoms with E-state index in [1.54, 1.807) is 7.05 Å². The van der Waals surface area contributed by atoms with Gasteiger partial charge in [0.2, 0.25) is 5.95 Å². The second-order valence-corrected chi connectivity index (χ2v) is 3.08. The van der Waals surface area contributed by atoms with Gasteiger partial charge >= 0.3 is 0 Å². The van der Waals surface area contributed by atoms with Crippen molar-refractivity contribution in [2.75, 3.05) is 13.7 Å². The molecule has 0 bridgehead atoms. The fourth-order valence-electron chi connectivity index (χ4n) is 0.834. The minimum atomic E-state index is -0.511. The van der Waals surface area contributed by atoms with Crippen molar-refractivity contribution in [3.63, 3.8) is 0 Å². The maximum atomic E-state index is 12.4. The molecule has 76 valence electrons. The zero-order valence-electron chi connectivity index (χ0n) is 7.79. The number of nitrogens with zero attached hydrogens (tertiary/aromatic N) is 1. The Bertz CT molecular complexity index is 302. The summed E-state index contributed by atoms with van der Waals surface area (Å²) >= 11 is 4.92. The molecule has 1 aromatic rings. The minimum absolute atomic E-state index is 0.465. The summed E-state index contributed by atoms with van der Waals surface area (Å²) in [6, 6.07) is 2.79. The molecule has 0 radical (unpaired) electrons. The third-order valence-electron chi connectivity index (χ3n) is 1.58. The Kier molecular flexibility index (Phi) is 4.25. The first-order valence-corrected chi connectivity index (χ1v) is 4.58. The summed E-state index contributed by atoms with van der Waals surface area (Å²) in [6.07, 6.45) is 1.99. The summed E-state index contributed by atoms with van der Waals surface area (Å²) in [5.74, 6) is 0.0356. The van der Waals surface area contributed by atoms with Gasteiger partial charge in [0.1, 0.15) is 5.75 Å². The number of thiocarbonyl (C=S) groups is 1. The van der Waals surface area contributed by atoms with E-state index < -0.39 is 5.95 Å². The molecular weight excluding hydrogens is 203 g/mol. The van der Waals surface area contributed by atoms with Crippen LogP contribution in [0.2, 0.25) is 0 Å².